The van der Waals surface area contributed by atoms with Crippen LogP contribution in [0.2, 0.25) is 0 Å². The first-order chi connectivity index (χ1) is 15.3. The SMILES string of the molecule is O=C(NCc1cc(-c2ccccc2)on1)NC1CC1.[HH].c1cnnc(N2CCCCC2)c1. The van der Waals surface area contributed by atoms with E-state index in [0.29, 0.717) is 24.0 Å². The normalized spacial score (nSPS) is 15.5. The molecule has 0 spiro atoms. The number of nitrogens with zero attached hydrogens (tertiary/aromatic N) is 4. The highest BCUT2D eigenvalue weighted by molar-refractivity contribution is 5.74. The first-order valence-electron chi connectivity index (χ1n) is 10.9. The van der Waals surface area contributed by atoms with Gasteiger partial charge in [-0.05, 0) is 44.2 Å². The zero-order valence-electron chi connectivity index (χ0n) is 17.5. The van der Waals surface area contributed by atoms with Crippen LogP contribution in [0.25, 0.3) is 11.3 Å². The maximum Gasteiger partial charge on any atom is 0.315 e. The number of piperidine rings is 1. The Morgan fingerprint density at radius 3 is 2.61 bits per heavy atom. The van der Waals surface area contributed by atoms with Crippen molar-refractivity contribution in [3.05, 3.63) is 60.4 Å². The molecule has 3 heterocycles. The van der Waals surface area contributed by atoms with E-state index in [1.54, 1.807) is 6.20 Å². The van der Waals surface area contributed by atoms with Gasteiger partial charge in [0.1, 0.15) is 5.69 Å². The maximum absolute atomic E-state index is 11.5. The Bertz CT molecular complexity index is 943. The third-order valence-corrected chi connectivity index (χ3v) is 5.20. The molecular weight excluding hydrogens is 392 g/mol. The molecule has 5 rings (SSSR count). The van der Waals surface area contributed by atoms with Crippen LogP contribution in [0.3, 0.4) is 0 Å². The molecule has 1 saturated carbocycles. The largest absolute Gasteiger partial charge is 0.356 e. The highest BCUT2D eigenvalue weighted by atomic mass is 16.5. The number of urea groups is 1. The summed E-state index contributed by atoms with van der Waals surface area (Å²) in [5.74, 6) is 1.73. The van der Waals surface area contributed by atoms with Gasteiger partial charge in [0.15, 0.2) is 11.6 Å². The number of carbonyl (C=O) groups is 1. The van der Waals surface area contributed by atoms with Crippen LogP contribution >= 0.6 is 0 Å². The van der Waals surface area contributed by atoms with Crippen LogP contribution < -0.4 is 15.5 Å². The van der Waals surface area contributed by atoms with Crippen LogP contribution in [0.4, 0.5) is 10.6 Å². The van der Waals surface area contributed by atoms with E-state index in [1.165, 1.54) is 19.3 Å². The number of benzene rings is 1. The molecule has 0 unspecified atom stereocenters. The number of rotatable bonds is 5. The molecule has 8 nitrogen and oxygen atoms in total. The summed E-state index contributed by atoms with van der Waals surface area (Å²) in [4.78, 5) is 13.8. The van der Waals surface area contributed by atoms with Gasteiger partial charge in [-0.1, -0.05) is 35.5 Å². The highest BCUT2D eigenvalue weighted by Gasteiger charge is 2.23. The summed E-state index contributed by atoms with van der Waals surface area (Å²) in [6.45, 7) is 2.65. The van der Waals surface area contributed by atoms with Gasteiger partial charge in [-0.3, -0.25) is 0 Å². The van der Waals surface area contributed by atoms with Crippen molar-refractivity contribution in [3.8, 4) is 11.3 Å². The molecule has 164 valence electrons. The van der Waals surface area contributed by atoms with Gasteiger partial charge in [-0.25, -0.2) is 4.79 Å². The first kappa shape index (κ1) is 20.8. The molecule has 3 aromatic rings. The maximum atomic E-state index is 11.5. The Balaban J connectivity index is 0.000000193. The third-order valence-electron chi connectivity index (χ3n) is 5.20. The number of anilines is 1. The van der Waals surface area contributed by atoms with E-state index in [9.17, 15) is 4.79 Å². The van der Waals surface area contributed by atoms with E-state index >= 15 is 0 Å². The number of hydrogen-bond donors (Lipinski definition) is 2. The van der Waals surface area contributed by atoms with Gasteiger partial charge < -0.3 is 20.1 Å². The van der Waals surface area contributed by atoms with Gasteiger partial charge in [-0.2, -0.15) is 5.10 Å². The zero-order chi connectivity index (χ0) is 21.3. The molecule has 0 radical (unpaired) electrons. The van der Waals surface area contributed by atoms with Crippen LogP contribution in [0.1, 0.15) is 39.2 Å². The van der Waals surface area contributed by atoms with Crippen LogP contribution in [-0.4, -0.2) is 40.5 Å². The molecule has 0 atom stereocenters. The molecule has 2 fully saturated rings. The van der Waals surface area contributed by atoms with Gasteiger partial charge in [0.25, 0.3) is 0 Å². The van der Waals surface area contributed by atoms with E-state index < -0.39 is 0 Å². The van der Waals surface area contributed by atoms with Gasteiger partial charge in [0.2, 0.25) is 0 Å². The molecule has 2 aromatic heterocycles. The van der Waals surface area contributed by atoms with E-state index in [4.69, 9.17) is 4.52 Å². The van der Waals surface area contributed by atoms with Gasteiger partial charge in [0.05, 0.1) is 6.54 Å². The van der Waals surface area contributed by atoms with Crippen molar-refractivity contribution >= 4 is 11.8 Å². The fourth-order valence-corrected chi connectivity index (χ4v) is 3.35. The Hall–Kier alpha value is -3.42. The monoisotopic (exact) mass is 422 g/mol. The summed E-state index contributed by atoms with van der Waals surface area (Å²) in [6, 6.07) is 15.8. The lowest BCUT2D eigenvalue weighted by molar-refractivity contribution is 0.240. The Morgan fingerprint density at radius 1 is 1.10 bits per heavy atom. The molecular formula is C23H30N6O2. The highest BCUT2D eigenvalue weighted by Crippen LogP contribution is 2.20. The van der Waals surface area contributed by atoms with Crippen molar-refractivity contribution in [3.63, 3.8) is 0 Å². The van der Waals surface area contributed by atoms with E-state index in [-0.39, 0.29) is 7.46 Å². The summed E-state index contributed by atoms with van der Waals surface area (Å²) >= 11 is 0. The fourth-order valence-electron chi connectivity index (χ4n) is 3.35. The molecule has 1 aromatic carbocycles. The number of carbonyl (C=O) groups excluding carboxylic acids is 1. The smallest absolute Gasteiger partial charge is 0.315 e. The molecule has 1 saturated heterocycles. The number of hydrogen-bond acceptors (Lipinski definition) is 6. The first-order valence-corrected chi connectivity index (χ1v) is 10.9. The van der Waals surface area contributed by atoms with E-state index in [0.717, 1.165) is 37.3 Å². The standard InChI is InChI=1S/C14H15N3O2.C9H13N3.H2/c18-14(16-11-6-7-11)15-9-12-8-13(19-17-12)10-4-2-1-3-5-10;1-2-7-12(8-3-1)9-5-4-6-10-11-9;/h1-5,8,11H,6-7,9H2,(H2,15,16,18);4-6H,1-3,7-8H2;1H. The minimum atomic E-state index is -0.147. The van der Waals surface area contributed by atoms with E-state index in [1.807, 2.05) is 48.5 Å². The molecule has 1 aliphatic carbocycles. The van der Waals surface area contributed by atoms with Gasteiger partial charge in [-0.15, -0.1) is 5.10 Å². The average molecular weight is 423 g/mol. The molecule has 0 bridgehead atoms. The number of amides is 2. The van der Waals surface area contributed by atoms with Crippen LogP contribution in [0.15, 0.2) is 59.3 Å². The van der Waals surface area contributed by atoms with Crippen LogP contribution in [-0.2, 0) is 6.54 Å². The Kier molecular flexibility index (Phi) is 7.10. The second kappa shape index (κ2) is 10.6. The lowest BCUT2D eigenvalue weighted by Gasteiger charge is -2.26. The lowest BCUT2D eigenvalue weighted by Crippen LogP contribution is -2.36. The molecule has 2 aliphatic rings. The van der Waals surface area contributed by atoms with Gasteiger partial charge >= 0.3 is 6.03 Å². The van der Waals surface area contributed by atoms with Crippen molar-refractivity contribution in [2.75, 3.05) is 18.0 Å². The van der Waals surface area contributed by atoms with Crippen molar-refractivity contribution in [2.24, 2.45) is 0 Å². The van der Waals surface area contributed by atoms with Crippen molar-refractivity contribution < 1.29 is 10.7 Å². The summed E-state index contributed by atoms with van der Waals surface area (Å²) < 4.78 is 5.25. The quantitative estimate of drug-likeness (QED) is 0.645. The predicted octanol–water partition coefficient (Wildman–Crippen LogP) is 4.02. The van der Waals surface area contributed by atoms with Gasteiger partial charge in [0, 0.05) is 38.4 Å². The fraction of sp³-hybridized carbons (Fsp3) is 0.391. The summed E-state index contributed by atoms with van der Waals surface area (Å²) in [6.07, 6.45) is 7.81. The Labute approximate surface area is 183 Å². The van der Waals surface area contributed by atoms with Crippen molar-refractivity contribution in [1.29, 1.82) is 0 Å². The van der Waals surface area contributed by atoms with Crippen molar-refractivity contribution in [1.82, 2.24) is 26.0 Å². The van der Waals surface area contributed by atoms with E-state index in [2.05, 4.69) is 30.9 Å². The van der Waals surface area contributed by atoms with Crippen LogP contribution in [0.5, 0.6) is 0 Å². The van der Waals surface area contributed by atoms with Crippen LogP contribution in [0, 0.1) is 0 Å². The summed E-state index contributed by atoms with van der Waals surface area (Å²) in [5, 5.41) is 17.5. The zero-order valence-corrected chi connectivity index (χ0v) is 17.5. The minimum absolute atomic E-state index is 0. The number of aromatic nitrogens is 3. The summed E-state index contributed by atoms with van der Waals surface area (Å²) in [5.41, 5.74) is 1.69. The van der Waals surface area contributed by atoms with Crippen molar-refractivity contribution in [2.45, 2.75) is 44.7 Å². The number of nitrogens with one attached hydrogen (secondary N) is 2. The average Bonchev–Trinajstić information content (AvgIpc) is 3.52. The molecule has 2 amide bonds. The Morgan fingerprint density at radius 2 is 1.90 bits per heavy atom. The third kappa shape index (κ3) is 6.53. The minimum Gasteiger partial charge on any atom is -0.356 e. The summed E-state index contributed by atoms with van der Waals surface area (Å²) in [7, 11) is 0. The lowest BCUT2D eigenvalue weighted by atomic mass is 10.1. The predicted molar refractivity (Wildman–Crippen MR) is 121 cm³/mol. The second-order valence-corrected chi connectivity index (χ2v) is 7.78. The topological polar surface area (TPSA) is 96.2 Å². The molecule has 2 N–H and O–H groups in total. The molecule has 31 heavy (non-hydrogen) atoms. The second-order valence-electron chi connectivity index (χ2n) is 7.78. The molecule has 1 aliphatic heterocycles. The molecule has 8 heteroatoms.